The van der Waals surface area contributed by atoms with Gasteiger partial charge in [-0.3, -0.25) is 0 Å². The van der Waals surface area contributed by atoms with Crippen LogP contribution in [0.25, 0.3) is 0 Å². The minimum Gasteiger partial charge on any atom is -0.374 e. The van der Waals surface area contributed by atoms with E-state index in [0.717, 1.165) is 26.6 Å². The summed E-state index contributed by atoms with van der Waals surface area (Å²) in [6.07, 6.45) is 13.8. The van der Waals surface area contributed by atoms with Gasteiger partial charge in [0.25, 0.3) is 0 Å². The standard InChI is InChI=1S/C10H19N3S.2C9H17N3S/c1-4-5-6-7-8(2)9-12-13-10(11-3)14-9;1-4-5-6-9(2,3)7-11-12-8(10)13-7;1-3-4-5-6-7(2)8-11-12-9(10)13-8/h8H,4-7H2,1-3H3,(H,11,13);4-6H2,1-3H3,(H2,10,12);7H,3-6H2,1-2H3,(H2,10,12). The lowest BCUT2D eigenvalue weighted by atomic mass is 9.88. The first-order valence-corrected chi connectivity index (χ1v) is 17.2. The molecule has 2 atom stereocenters. The summed E-state index contributed by atoms with van der Waals surface area (Å²) in [5.41, 5.74) is 11.2. The number of nitrogens with one attached hydrogen (secondary N) is 1. The maximum Gasteiger partial charge on any atom is 0.205 e. The third-order valence-electron chi connectivity index (χ3n) is 6.61. The number of hydrogen-bond acceptors (Lipinski definition) is 12. The fourth-order valence-electron chi connectivity index (χ4n) is 3.86. The molecule has 0 aromatic carbocycles. The molecule has 3 heterocycles. The van der Waals surface area contributed by atoms with E-state index >= 15 is 0 Å². The Hall–Kier alpha value is -1.92. The van der Waals surface area contributed by atoms with Crippen LogP contribution in [-0.4, -0.2) is 37.6 Å². The average molecular weight is 612 g/mol. The van der Waals surface area contributed by atoms with Crippen LogP contribution >= 0.6 is 34.0 Å². The average Bonchev–Trinajstić information content (AvgIpc) is 3.70. The normalized spacial score (nSPS) is 12.6. The Bertz CT molecular complexity index is 1030. The van der Waals surface area contributed by atoms with Crippen LogP contribution in [-0.2, 0) is 5.41 Å². The van der Waals surface area contributed by atoms with Gasteiger partial charge in [0.05, 0.1) is 0 Å². The van der Waals surface area contributed by atoms with Crippen molar-refractivity contribution in [1.29, 1.82) is 0 Å². The maximum absolute atomic E-state index is 5.55. The fourth-order valence-corrected chi connectivity index (χ4v) is 6.08. The summed E-state index contributed by atoms with van der Waals surface area (Å²) in [6.45, 7) is 15.5. The van der Waals surface area contributed by atoms with Crippen molar-refractivity contribution in [2.75, 3.05) is 23.8 Å². The van der Waals surface area contributed by atoms with Gasteiger partial charge in [-0.05, 0) is 19.3 Å². The molecule has 3 aromatic heterocycles. The number of unbranched alkanes of at least 4 members (excludes halogenated alkanes) is 5. The number of rotatable bonds is 15. The molecule has 0 radical (unpaired) electrons. The van der Waals surface area contributed by atoms with Crippen molar-refractivity contribution in [3.05, 3.63) is 15.0 Å². The second kappa shape index (κ2) is 20.0. The highest BCUT2D eigenvalue weighted by Gasteiger charge is 2.24. The van der Waals surface area contributed by atoms with Gasteiger partial charge >= 0.3 is 0 Å². The molecule has 0 aliphatic heterocycles. The molecule has 0 spiro atoms. The molecular weight excluding hydrogens is 559 g/mol. The zero-order valence-corrected chi connectivity index (χ0v) is 28.4. The number of hydrogen-bond donors (Lipinski definition) is 3. The Morgan fingerprint density at radius 1 is 0.675 bits per heavy atom. The van der Waals surface area contributed by atoms with Crippen LogP contribution in [0.1, 0.15) is 146 Å². The van der Waals surface area contributed by atoms with Crippen LogP contribution in [0, 0.1) is 0 Å². The van der Waals surface area contributed by atoms with E-state index < -0.39 is 0 Å². The Kier molecular flexibility index (Phi) is 18.1. The lowest BCUT2D eigenvalue weighted by Crippen LogP contribution is -2.16. The first-order valence-electron chi connectivity index (χ1n) is 14.8. The summed E-state index contributed by atoms with van der Waals surface area (Å²) < 4.78 is 0. The summed E-state index contributed by atoms with van der Waals surface area (Å²) in [4.78, 5) is 0. The van der Waals surface area contributed by atoms with E-state index in [1.165, 1.54) is 86.9 Å². The molecule has 0 amide bonds. The molecule has 40 heavy (non-hydrogen) atoms. The Morgan fingerprint density at radius 3 is 1.60 bits per heavy atom. The number of nitrogens with zero attached hydrogens (tertiary/aromatic N) is 6. The van der Waals surface area contributed by atoms with Crippen molar-refractivity contribution in [1.82, 2.24) is 30.6 Å². The van der Waals surface area contributed by atoms with Crippen LogP contribution in [0.15, 0.2) is 0 Å². The number of anilines is 3. The molecule has 5 N–H and O–H groups in total. The van der Waals surface area contributed by atoms with Crippen molar-refractivity contribution in [3.8, 4) is 0 Å². The largest absolute Gasteiger partial charge is 0.374 e. The second-order valence-corrected chi connectivity index (χ2v) is 14.0. The van der Waals surface area contributed by atoms with Crippen LogP contribution in [0.3, 0.4) is 0 Å². The highest BCUT2D eigenvalue weighted by Crippen LogP contribution is 2.32. The maximum atomic E-state index is 5.55. The SMILES string of the molecule is CCCCC(C)(C)c1nnc(N)s1.CCCCCC(C)c1nnc(N)s1.CCCCCC(C)c1nnc(NC)s1. The Morgan fingerprint density at radius 2 is 1.18 bits per heavy atom. The predicted molar refractivity (Wildman–Crippen MR) is 176 cm³/mol. The third-order valence-corrected chi connectivity index (χ3v) is 9.88. The highest BCUT2D eigenvalue weighted by atomic mass is 32.1. The van der Waals surface area contributed by atoms with E-state index in [9.17, 15) is 0 Å². The molecule has 3 aromatic rings. The molecule has 0 bridgehead atoms. The minimum absolute atomic E-state index is 0.130. The van der Waals surface area contributed by atoms with Crippen molar-refractivity contribution >= 4 is 49.4 Å². The van der Waals surface area contributed by atoms with E-state index in [1.807, 2.05) is 7.05 Å². The van der Waals surface area contributed by atoms with E-state index in [2.05, 4.69) is 84.4 Å². The third kappa shape index (κ3) is 14.1. The second-order valence-electron chi connectivity index (χ2n) is 10.9. The van der Waals surface area contributed by atoms with Gasteiger partial charge in [-0.25, -0.2) is 0 Å². The molecule has 0 fully saturated rings. The van der Waals surface area contributed by atoms with Gasteiger partial charge in [-0.1, -0.05) is 134 Å². The van der Waals surface area contributed by atoms with Crippen LogP contribution < -0.4 is 16.8 Å². The quantitative estimate of drug-likeness (QED) is 0.144. The van der Waals surface area contributed by atoms with Gasteiger partial charge in [0.15, 0.2) is 0 Å². The highest BCUT2D eigenvalue weighted by molar-refractivity contribution is 7.15. The van der Waals surface area contributed by atoms with Crippen molar-refractivity contribution < 1.29 is 0 Å². The zero-order chi connectivity index (χ0) is 30.0. The van der Waals surface area contributed by atoms with Gasteiger partial charge in [0, 0.05) is 24.3 Å². The lowest BCUT2D eigenvalue weighted by Gasteiger charge is -2.20. The van der Waals surface area contributed by atoms with E-state index in [1.54, 1.807) is 11.3 Å². The molecule has 9 nitrogen and oxygen atoms in total. The minimum atomic E-state index is 0.130. The summed E-state index contributed by atoms with van der Waals surface area (Å²) in [6, 6.07) is 0. The first kappa shape index (κ1) is 36.1. The number of nitrogens with two attached hydrogens (primary N) is 2. The van der Waals surface area contributed by atoms with E-state index in [-0.39, 0.29) is 5.41 Å². The molecular formula is C28H53N9S3. The Labute approximate surface area is 254 Å². The molecule has 3 rings (SSSR count). The van der Waals surface area contributed by atoms with Crippen LogP contribution in [0.5, 0.6) is 0 Å². The zero-order valence-electron chi connectivity index (χ0n) is 26.0. The molecule has 2 unspecified atom stereocenters. The molecule has 0 saturated carbocycles. The summed E-state index contributed by atoms with van der Waals surface area (Å²) in [7, 11) is 1.88. The van der Waals surface area contributed by atoms with E-state index in [4.69, 9.17) is 11.5 Å². The van der Waals surface area contributed by atoms with Crippen molar-refractivity contribution in [2.45, 2.75) is 136 Å². The number of aromatic nitrogens is 6. The lowest BCUT2D eigenvalue weighted by molar-refractivity contribution is 0.452. The molecule has 0 saturated heterocycles. The van der Waals surface area contributed by atoms with Crippen molar-refractivity contribution in [2.24, 2.45) is 0 Å². The Balaban J connectivity index is 0.000000300. The van der Waals surface area contributed by atoms with Gasteiger partial charge in [-0.15, -0.1) is 30.6 Å². The fraction of sp³-hybridized carbons (Fsp3) is 0.786. The summed E-state index contributed by atoms with van der Waals surface area (Å²) in [5.74, 6) is 1.07. The first-order chi connectivity index (χ1) is 19.1. The summed E-state index contributed by atoms with van der Waals surface area (Å²) in [5, 5.41) is 32.4. The van der Waals surface area contributed by atoms with Gasteiger partial charge in [-0.2, -0.15) is 0 Å². The van der Waals surface area contributed by atoms with Gasteiger partial charge in [0.1, 0.15) is 15.0 Å². The van der Waals surface area contributed by atoms with Crippen LogP contribution in [0.4, 0.5) is 15.4 Å². The van der Waals surface area contributed by atoms with Gasteiger partial charge in [0.2, 0.25) is 15.4 Å². The smallest absolute Gasteiger partial charge is 0.205 e. The van der Waals surface area contributed by atoms with Crippen molar-refractivity contribution in [3.63, 3.8) is 0 Å². The monoisotopic (exact) mass is 611 g/mol. The van der Waals surface area contributed by atoms with Crippen LogP contribution in [0.2, 0.25) is 0 Å². The molecule has 228 valence electrons. The predicted octanol–water partition coefficient (Wildman–Crippen LogP) is 8.66. The molecule has 0 aliphatic carbocycles. The summed E-state index contributed by atoms with van der Waals surface area (Å²) >= 11 is 4.68. The van der Waals surface area contributed by atoms with E-state index in [0.29, 0.717) is 22.1 Å². The van der Waals surface area contributed by atoms with Gasteiger partial charge < -0.3 is 16.8 Å². The molecule has 12 heteroatoms. The molecule has 0 aliphatic rings. The number of nitrogen functional groups attached to an aromatic ring is 2. The topological polar surface area (TPSA) is 141 Å².